The number of hydrogen-bond acceptors (Lipinski definition) is 5. The van der Waals surface area contributed by atoms with Crippen LogP contribution in [0, 0.1) is 5.92 Å². The SMILES string of the molecule is O=C(O)c1cc2c(Cl)c(Oc3ccc(O)c(S(=O)(=O)CC4CCCC4)c3)c(Cl)cc2[nH]1. The number of benzene rings is 2. The Bertz CT molecular complexity index is 1280. The molecule has 10 heteroatoms. The number of carboxylic acids is 1. The van der Waals surface area contributed by atoms with E-state index in [1.807, 2.05) is 0 Å². The minimum atomic E-state index is -3.72. The van der Waals surface area contributed by atoms with Gasteiger partial charge >= 0.3 is 5.97 Å². The van der Waals surface area contributed by atoms with Gasteiger partial charge in [0.25, 0.3) is 0 Å². The lowest BCUT2D eigenvalue weighted by atomic mass is 10.1. The molecule has 0 spiro atoms. The Morgan fingerprint density at radius 1 is 1.16 bits per heavy atom. The third-order valence-electron chi connectivity index (χ3n) is 5.42. The average Bonchev–Trinajstić information content (AvgIpc) is 3.35. The number of fused-ring (bicyclic) bond motifs is 1. The number of carbonyl (C=O) groups is 1. The molecule has 2 aromatic carbocycles. The molecule has 0 unspecified atom stereocenters. The number of rotatable bonds is 6. The molecule has 164 valence electrons. The number of aromatic hydroxyl groups is 1. The van der Waals surface area contributed by atoms with Crippen molar-refractivity contribution in [3.8, 4) is 17.2 Å². The van der Waals surface area contributed by atoms with Gasteiger partial charge < -0.3 is 19.9 Å². The summed E-state index contributed by atoms with van der Waals surface area (Å²) in [4.78, 5) is 13.7. The standard InChI is InChI=1S/C21H19Cl2NO6S/c22-14-9-15-13(8-16(24-15)21(26)27)19(23)20(14)30-12-5-6-17(25)18(7-12)31(28,29)10-11-3-1-2-4-11/h5-9,11,24-25H,1-4,10H2,(H,26,27). The average molecular weight is 484 g/mol. The summed E-state index contributed by atoms with van der Waals surface area (Å²) in [7, 11) is -3.72. The van der Waals surface area contributed by atoms with Gasteiger partial charge in [0.05, 0.1) is 15.8 Å². The van der Waals surface area contributed by atoms with Crippen LogP contribution in [0.25, 0.3) is 10.9 Å². The smallest absolute Gasteiger partial charge is 0.352 e. The van der Waals surface area contributed by atoms with Crippen LogP contribution in [0.2, 0.25) is 10.0 Å². The zero-order valence-electron chi connectivity index (χ0n) is 16.2. The molecule has 0 amide bonds. The number of nitrogens with one attached hydrogen (secondary N) is 1. The second-order valence-corrected chi connectivity index (χ2v) is 10.4. The van der Waals surface area contributed by atoms with E-state index in [9.17, 15) is 18.3 Å². The summed E-state index contributed by atoms with van der Waals surface area (Å²) in [5.74, 6) is -1.27. The monoisotopic (exact) mass is 483 g/mol. The lowest BCUT2D eigenvalue weighted by molar-refractivity contribution is 0.0691. The summed E-state index contributed by atoms with van der Waals surface area (Å²) >= 11 is 12.7. The van der Waals surface area contributed by atoms with Crippen LogP contribution in [0.1, 0.15) is 36.2 Å². The Labute approximate surface area is 188 Å². The molecular formula is C21H19Cl2NO6S. The number of hydrogen-bond donors (Lipinski definition) is 3. The van der Waals surface area contributed by atoms with Crippen molar-refractivity contribution in [2.75, 3.05) is 5.75 Å². The van der Waals surface area contributed by atoms with Crippen LogP contribution in [-0.2, 0) is 9.84 Å². The zero-order valence-corrected chi connectivity index (χ0v) is 18.5. The molecule has 31 heavy (non-hydrogen) atoms. The lowest BCUT2D eigenvalue weighted by Crippen LogP contribution is -2.14. The second-order valence-electron chi connectivity index (χ2n) is 7.61. The number of H-pyrrole nitrogens is 1. The van der Waals surface area contributed by atoms with E-state index in [1.54, 1.807) is 0 Å². The Hall–Kier alpha value is -2.42. The van der Waals surface area contributed by atoms with Gasteiger partial charge in [0.2, 0.25) is 0 Å². The highest BCUT2D eigenvalue weighted by molar-refractivity contribution is 7.91. The van der Waals surface area contributed by atoms with Crippen molar-refractivity contribution < 1.29 is 28.2 Å². The Morgan fingerprint density at radius 3 is 2.55 bits per heavy atom. The molecule has 4 rings (SSSR count). The molecule has 3 N–H and O–H groups in total. The lowest BCUT2D eigenvalue weighted by Gasteiger charge is -2.14. The number of sulfone groups is 1. The number of ether oxygens (including phenoxy) is 1. The molecule has 0 radical (unpaired) electrons. The zero-order chi connectivity index (χ0) is 22.3. The Morgan fingerprint density at radius 2 is 1.87 bits per heavy atom. The summed E-state index contributed by atoms with van der Waals surface area (Å²) in [6.45, 7) is 0. The summed E-state index contributed by atoms with van der Waals surface area (Å²) in [5.41, 5.74) is 0.361. The first-order valence-corrected chi connectivity index (χ1v) is 12.0. The van der Waals surface area contributed by atoms with E-state index in [-0.39, 0.29) is 49.6 Å². The molecule has 7 nitrogen and oxygen atoms in total. The molecular weight excluding hydrogens is 465 g/mol. The molecule has 1 saturated carbocycles. The molecule has 1 aromatic heterocycles. The maximum absolute atomic E-state index is 12.9. The first kappa shape index (κ1) is 21.8. The fourth-order valence-corrected chi connectivity index (χ4v) is 6.30. The largest absolute Gasteiger partial charge is 0.507 e. The van der Waals surface area contributed by atoms with Gasteiger partial charge in [-0.3, -0.25) is 0 Å². The predicted octanol–water partition coefficient (Wildman–Crippen LogP) is 5.63. The summed E-state index contributed by atoms with van der Waals surface area (Å²) in [6.07, 6.45) is 3.74. The summed E-state index contributed by atoms with van der Waals surface area (Å²) < 4.78 is 31.5. The van der Waals surface area contributed by atoms with E-state index < -0.39 is 15.8 Å². The fourth-order valence-electron chi connectivity index (χ4n) is 3.90. The van der Waals surface area contributed by atoms with E-state index in [1.165, 1.54) is 30.3 Å². The third-order valence-corrected chi connectivity index (χ3v) is 7.98. The summed E-state index contributed by atoms with van der Waals surface area (Å²) in [6, 6.07) is 6.73. The summed E-state index contributed by atoms with van der Waals surface area (Å²) in [5, 5.41) is 19.9. The van der Waals surface area contributed by atoms with E-state index in [4.69, 9.17) is 33.0 Å². The van der Waals surface area contributed by atoms with E-state index in [0.717, 1.165) is 25.7 Å². The van der Waals surface area contributed by atoms with Gasteiger partial charge in [-0.2, -0.15) is 0 Å². The van der Waals surface area contributed by atoms with Crippen LogP contribution in [0.5, 0.6) is 17.2 Å². The van der Waals surface area contributed by atoms with Gasteiger partial charge in [0.1, 0.15) is 22.1 Å². The normalized spacial score (nSPS) is 14.9. The van der Waals surface area contributed by atoms with Crippen molar-refractivity contribution in [1.29, 1.82) is 0 Å². The minimum absolute atomic E-state index is 0.0290. The van der Waals surface area contributed by atoms with Gasteiger partial charge in [-0.1, -0.05) is 36.0 Å². The van der Waals surface area contributed by atoms with Crippen molar-refractivity contribution in [1.82, 2.24) is 4.98 Å². The van der Waals surface area contributed by atoms with Crippen LogP contribution >= 0.6 is 23.2 Å². The highest BCUT2D eigenvalue weighted by Crippen LogP contribution is 2.43. The van der Waals surface area contributed by atoms with E-state index >= 15 is 0 Å². The topological polar surface area (TPSA) is 117 Å². The fraction of sp³-hybridized carbons (Fsp3) is 0.286. The van der Waals surface area contributed by atoms with Crippen LogP contribution in [0.15, 0.2) is 35.2 Å². The van der Waals surface area contributed by atoms with Gasteiger partial charge in [-0.15, -0.1) is 0 Å². The van der Waals surface area contributed by atoms with Gasteiger partial charge in [0, 0.05) is 17.0 Å². The maximum atomic E-state index is 12.9. The molecule has 0 aliphatic heterocycles. The van der Waals surface area contributed by atoms with Crippen molar-refractivity contribution in [2.24, 2.45) is 5.92 Å². The highest BCUT2D eigenvalue weighted by atomic mass is 35.5. The molecule has 0 atom stereocenters. The van der Waals surface area contributed by atoms with Gasteiger partial charge in [-0.25, -0.2) is 13.2 Å². The second kappa shape index (κ2) is 8.26. The number of aromatic nitrogens is 1. The molecule has 3 aromatic rings. The molecule has 0 bridgehead atoms. The molecule has 1 aliphatic rings. The van der Waals surface area contributed by atoms with Crippen molar-refractivity contribution in [3.05, 3.63) is 46.1 Å². The first-order chi connectivity index (χ1) is 14.7. The molecule has 1 fully saturated rings. The van der Waals surface area contributed by atoms with Gasteiger partial charge in [-0.05, 0) is 43.0 Å². The molecule has 1 heterocycles. The number of phenolic OH excluding ortho intramolecular Hbond substituents is 1. The number of aromatic carboxylic acids is 1. The first-order valence-electron chi connectivity index (χ1n) is 9.63. The molecule has 1 aliphatic carbocycles. The Balaban J connectivity index is 1.69. The van der Waals surface area contributed by atoms with Crippen molar-refractivity contribution in [3.63, 3.8) is 0 Å². The van der Waals surface area contributed by atoms with Crippen LogP contribution in [0.4, 0.5) is 0 Å². The third kappa shape index (κ3) is 4.33. The minimum Gasteiger partial charge on any atom is -0.507 e. The van der Waals surface area contributed by atoms with Gasteiger partial charge in [0.15, 0.2) is 15.6 Å². The number of aromatic amines is 1. The van der Waals surface area contributed by atoms with E-state index in [0.29, 0.717) is 10.9 Å². The molecule has 0 saturated heterocycles. The van der Waals surface area contributed by atoms with Crippen LogP contribution in [-0.4, -0.2) is 35.3 Å². The number of halogens is 2. The maximum Gasteiger partial charge on any atom is 0.352 e. The quantitative estimate of drug-likeness (QED) is 0.417. The van der Waals surface area contributed by atoms with Crippen molar-refractivity contribution >= 4 is 49.9 Å². The van der Waals surface area contributed by atoms with Crippen LogP contribution in [0.3, 0.4) is 0 Å². The number of phenols is 1. The highest BCUT2D eigenvalue weighted by Gasteiger charge is 2.27. The van der Waals surface area contributed by atoms with E-state index in [2.05, 4.69) is 4.98 Å². The van der Waals surface area contributed by atoms with Crippen LogP contribution < -0.4 is 4.74 Å². The Kier molecular flexibility index (Phi) is 5.81. The predicted molar refractivity (Wildman–Crippen MR) is 117 cm³/mol. The number of carboxylic acid groups (broad SMARTS) is 1. The van der Waals surface area contributed by atoms with Crippen molar-refractivity contribution in [2.45, 2.75) is 30.6 Å².